The van der Waals surface area contributed by atoms with Gasteiger partial charge in [0.05, 0.1) is 26.0 Å². The molecule has 1 amide bonds. The maximum absolute atomic E-state index is 12.5. The predicted octanol–water partition coefficient (Wildman–Crippen LogP) is 1.81. The van der Waals surface area contributed by atoms with Crippen molar-refractivity contribution in [2.24, 2.45) is 0 Å². The summed E-state index contributed by atoms with van der Waals surface area (Å²) >= 11 is 0. The fourth-order valence-electron chi connectivity index (χ4n) is 3.23. The van der Waals surface area contributed by atoms with E-state index in [9.17, 15) is 9.90 Å². The quantitative estimate of drug-likeness (QED) is 0.696. The number of hydrogen-bond acceptors (Lipinski definition) is 6. The first kappa shape index (κ1) is 19.3. The number of nitrogens with zero attached hydrogens (tertiary/aromatic N) is 1. The number of rotatable bonds is 9. The van der Waals surface area contributed by atoms with Gasteiger partial charge in [0, 0.05) is 6.54 Å². The molecule has 0 spiro atoms. The van der Waals surface area contributed by atoms with Crippen molar-refractivity contribution < 1.29 is 23.8 Å². The normalized spacial score (nSPS) is 18.2. The van der Waals surface area contributed by atoms with Crippen molar-refractivity contribution >= 4 is 5.91 Å². The lowest BCUT2D eigenvalue weighted by molar-refractivity contribution is -0.126. The minimum absolute atomic E-state index is 0.0350. The molecule has 7 nitrogen and oxygen atoms in total. The molecule has 2 heterocycles. The van der Waals surface area contributed by atoms with Crippen LogP contribution in [0.2, 0.25) is 0 Å². The fourth-order valence-corrected chi connectivity index (χ4v) is 3.23. The van der Waals surface area contributed by atoms with E-state index < -0.39 is 6.10 Å². The zero-order valence-electron chi connectivity index (χ0n) is 15.5. The smallest absolute Gasteiger partial charge is 0.237 e. The Morgan fingerprint density at radius 3 is 2.81 bits per heavy atom. The summed E-state index contributed by atoms with van der Waals surface area (Å²) in [5.74, 6) is 2.11. The van der Waals surface area contributed by atoms with E-state index in [0.717, 1.165) is 30.9 Å². The number of nitrogens with one attached hydrogen (secondary N) is 1. The largest absolute Gasteiger partial charge is 0.497 e. The van der Waals surface area contributed by atoms with Crippen molar-refractivity contribution in [2.45, 2.75) is 31.5 Å². The molecule has 27 heavy (non-hydrogen) atoms. The Labute approximate surface area is 158 Å². The van der Waals surface area contributed by atoms with Gasteiger partial charge in [-0.15, -0.1) is 0 Å². The SMILES string of the molecule is COc1ccc(OCC(O)CN2CCCC2C(=O)NCc2ccco2)cc1. The van der Waals surface area contributed by atoms with Crippen LogP contribution in [0.1, 0.15) is 18.6 Å². The summed E-state index contributed by atoms with van der Waals surface area (Å²) in [6.45, 7) is 1.73. The van der Waals surface area contributed by atoms with Crippen LogP contribution in [-0.4, -0.2) is 54.9 Å². The molecule has 0 saturated carbocycles. The van der Waals surface area contributed by atoms with Crippen LogP contribution in [0.4, 0.5) is 0 Å². The van der Waals surface area contributed by atoms with Crippen LogP contribution >= 0.6 is 0 Å². The van der Waals surface area contributed by atoms with Gasteiger partial charge >= 0.3 is 0 Å². The molecule has 2 aromatic rings. The van der Waals surface area contributed by atoms with Crippen LogP contribution in [0.3, 0.4) is 0 Å². The topological polar surface area (TPSA) is 84.2 Å². The number of hydrogen-bond donors (Lipinski definition) is 2. The molecule has 2 N–H and O–H groups in total. The van der Waals surface area contributed by atoms with E-state index >= 15 is 0 Å². The summed E-state index contributed by atoms with van der Waals surface area (Å²) in [5, 5.41) is 13.2. The van der Waals surface area contributed by atoms with Crippen molar-refractivity contribution in [2.75, 3.05) is 26.8 Å². The number of furan rings is 1. The van der Waals surface area contributed by atoms with Crippen LogP contribution in [-0.2, 0) is 11.3 Å². The summed E-state index contributed by atoms with van der Waals surface area (Å²) in [6, 6.07) is 10.6. The van der Waals surface area contributed by atoms with Gasteiger partial charge in [-0.2, -0.15) is 0 Å². The summed E-state index contributed by atoms with van der Waals surface area (Å²) in [7, 11) is 1.61. The standard InChI is InChI=1S/C20H26N2O5/c1-25-16-6-8-17(9-7-16)27-14-15(23)13-22-10-2-5-19(22)20(24)21-12-18-4-3-11-26-18/h3-4,6-9,11,15,19,23H,2,5,10,12-14H2,1H3,(H,21,24). The van der Waals surface area contributed by atoms with Gasteiger partial charge in [-0.1, -0.05) is 0 Å². The van der Waals surface area contributed by atoms with E-state index in [2.05, 4.69) is 5.32 Å². The van der Waals surface area contributed by atoms with Crippen molar-refractivity contribution in [1.29, 1.82) is 0 Å². The third-order valence-electron chi connectivity index (χ3n) is 4.63. The van der Waals surface area contributed by atoms with Gasteiger partial charge in [-0.25, -0.2) is 0 Å². The lowest BCUT2D eigenvalue weighted by atomic mass is 10.2. The van der Waals surface area contributed by atoms with E-state index in [-0.39, 0.29) is 18.6 Å². The molecule has 1 saturated heterocycles. The Morgan fingerprint density at radius 2 is 2.11 bits per heavy atom. The van der Waals surface area contributed by atoms with E-state index in [1.54, 1.807) is 31.6 Å². The number of β-amino-alcohol motifs (C(OH)–C–C–N with tert-alkyl or cyclic N) is 1. The van der Waals surface area contributed by atoms with Crippen LogP contribution in [0.5, 0.6) is 11.5 Å². The second-order valence-corrected chi connectivity index (χ2v) is 6.59. The molecule has 1 aliphatic heterocycles. The maximum Gasteiger partial charge on any atom is 0.237 e. The molecule has 3 rings (SSSR count). The molecule has 1 aromatic heterocycles. The number of likely N-dealkylation sites (tertiary alicyclic amines) is 1. The van der Waals surface area contributed by atoms with Gasteiger partial charge in [0.25, 0.3) is 0 Å². The maximum atomic E-state index is 12.5. The molecule has 1 aliphatic rings. The molecule has 1 aromatic carbocycles. The number of carbonyl (C=O) groups is 1. The van der Waals surface area contributed by atoms with Crippen molar-refractivity contribution in [1.82, 2.24) is 10.2 Å². The van der Waals surface area contributed by atoms with Crippen LogP contribution in [0, 0.1) is 0 Å². The monoisotopic (exact) mass is 374 g/mol. The number of aliphatic hydroxyl groups excluding tert-OH is 1. The molecule has 0 radical (unpaired) electrons. The summed E-state index contributed by atoms with van der Waals surface area (Å²) in [4.78, 5) is 14.5. The first-order valence-corrected chi connectivity index (χ1v) is 9.15. The number of benzene rings is 1. The average molecular weight is 374 g/mol. The Hall–Kier alpha value is -2.51. The fraction of sp³-hybridized carbons (Fsp3) is 0.450. The molecule has 1 fully saturated rings. The molecule has 7 heteroatoms. The van der Waals surface area contributed by atoms with E-state index in [1.165, 1.54) is 0 Å². The third kappa shape index (κ3) is 5.48. The average Bonchev–Trinajstić information content (AvgIpc) is 3.37. The number of carbonyl (C=O) groups excluding carboxylic acids is 1. The zero-order chi connectivity index (χ0) is 19.1. The van der Waals surface area contributed by atoms with Gasteiger partial charge in [-0.3, -0.25) is 9.69 Å². The molecular weight excluding hydrogens is 348 g/mol. The highest BCUT2D eigenvalue weighted by molar-refractivity contribution is 5.81. The molecule has 0 bridgehead atoms. The lowest BCUT2D eigenvalue weighted by Crippen LogP contribution is -2.46. The summed E-state index contributed by atoms with van der Waals surface area (Å²) in [6.07, 6.45) is 2.63. The molecular formula is C20H26N2O5. The number of aliphatic hydroxyl groups is 1. The summed E-state index contributed by atoms with van der Waals surface area (Å²) < 4.78 is 16.0. The van der Waals surface area contributed by atoms with Crippen molar-refractivity contribution in [3.05, 3.63) is 48.4 Å². The first-order chi connectivity index (χ1) is 13.2. The minimum Gasteiger partial charge on any atom is -0.497 e. The molecule has 2 atom stereocenters. The second kappa shape index (κ2) is 9.43. The Morgan fingerprint density at radius 1 is 1.33 bits per heavy atom. The zero-order valence-corrected chi connectivity index (χ0v) is 15.5. The third-order valence-corrected chi connectivity index (χ3v) is 4.63. The van der Waals surface area contributed by atoms with Crippen molar-refractivity contribution in [3.63, 3.8) is 0 Å². The first-order valence-electron chi connectivity index (χ1n) is 9.15. The molecule has 0 aliphatic carbocycles. The van der Waals surface area contributed by atoms with Gasteiger partial charge in [0.2, 0.25) is 5.91 Å². The van der Waals surface area contributed by atoms with Gasteiger partial charge in [0.15, 0.2) is 0 Å². The van der Waals surface area contributed by atoms with Crippen LogP contribution in [0.15, 0.2) is 47.1 Å². The van der Waals surface area contributed by atoms with E-state index in [4.69, 9.17) is 13.9 Å². The second-order valence-electron chi connectivity index (χ2n) is 6.59. The highest BCUT2D eigenvalue weighted by atomic mass is 16.5. The highest BCUT2D eigenvalue weighted by Crippen LogP contribution is 2.19. The van der Waals surface area contributed by atoms with Crippen LogP contribution < -0.4 is 14.8 Å². The van der Waals surface area contributed by atoms with Gasteiger partial charge < -0.3 is 24.3 Å². The Bertz CT molecular complexity index is 702. The van der Waals surface area contributed by atoms with E-state index in [0.29, 0.717) is 18.8 Å². The molecule has 146 valence electrons. The summed E-state index contributed by atoms with van der Waals surface area (Å²) in [5.41, 5.74) is 0. The number of amides is 1. The predicted molar refractivity (Wildman–Crippen MR) is 99.6 cm³/mol. The number of ether oxygens (including phenoxy) is 2. The van der Waals surface area contributed by atoms with E-state index in [1.807, 2.05) is 23.1 Å². The van der Waals surface area contributed by atoms with Gasteiger partial charge in [-0.05, 0) is 55.8 Å². The Balaban J connectivity index is 1.44. The minimum atomic E-state index is -0.675. The molecule has 2 unspecified atom stereocenters. The van der Waals surface area contributed by atoms with Crippen LogP contribution in [0.25, 0.3) is 0 Å². The lowest BCUT2D eigenvalue weighted by Gasteiger charge is -2.26. The Kier molecular flexibility index (Phi) is 6.73. The highest BCUT2D eigenvalue weighted by Gasteiger charge is 2.31. The number of methoxy groups -OCH3 is 1. The van der Waals surface area contributed by atoms with Crippen molar-refractivity contribution in [3.8, 4) is 11.5 Å². The van der Waals surface area contributed by atoms with Gasteiger partial charge in [0.1, 0.15) is 30.0 Å².